The highest BCUT2D eigenvalue weighted by atomic mass is 19.4. The molecule has 0 spiro atoms. The summed E-state index contributed by atoms with van der Waals surface area (Å²) < 4.78 is 37.4. The van der Waals surface area contributed by atoms with Crippen LogP contribution in [-0.2, 0) is 17.4 Å². The van der Waals surface area contributed by atoms with Gasteiger partial charge in [0.05, 0.1) is 11.5 Å². The lowest BCUT2D eigenvalue weighted by Gasteiger charge is -2.28. The van der Waals surface area contributed by atoms with E-state index in [2.05, 4.69) is 0 Å². The predicted octanol–water partition coefficient (Wildman–Crippen LogP) is 4.14. The van der Waals surface area contributed by atoms with Gasteiger partial charge in [0.25, 0.3) is 0 Å². The molecule has 0 aliphatic heterocycles. The van der Waals surface area contributed by atoms with E-state index in [-0.39, 0.29) is 11.8 Å². The van der Waals surface area contributed by atoms with Gasteiger partial charge in [0.15, 0.2) is 0 Å². The summed E-state index contributed by atoms with van der Waals surface area (Å²) in [7, 11) is 0. The minimum Gasteiger partial charge on any atom is -0.481 e. The summed E-state index contributed by atoms with van der Waals surface area (Å²) in [5.74, 6) is -1.13. The van der Waals surface area contributed by atoms with Crippen LogP contribution in [0.1, 0.15) is 36.8 Å². The lowest BCUT2D eigenvalue weighted by molar-refractivity contribution is -0.144. The number of halogens is 3. The topological polar surface area (TPSA) is 37.3 Å². The standard InChI is InChI=1S/C15H17F3O2/c16-15(17,18)12-7-5-10(6-8-12)9-11-3-1-2-4-13(11)14(19)20/h5-8,11,13H,1-4,9H2,(H,19,20). The summed E-state index contributed by atoms with van der Waals surface area (Å²) >= 11 is 0. The Kier molecular flexibility index (Phi) is 4.35. The van der Waals surface area contributed by atoms with Crippen LogP contribution in [0.25, 0.3) is 0 Å². The lowest BCUT2D eigenvalue weighted by Crippen LogP contribution is -2.28. The molecule has 2 atom stereocenters. The van der Waals surface area contributed by atoms with E-state index in [0.29, 0.717) is 12.8 Å². The first kappa shape index (κ1) is 14.9. The van der Waals surface area contributed by atoms with Crippen molar-refractivity contribution in [2.45, 2.75) is 38.3 Å². The Hall–Kier alpha value is -1.52. The van der Waals surface area contributed by atoms with Gasteiger partial charge in [-0.15, -0.1) is 0 Å². The second-order valence-corrected chi connectivity index (χ2v) is 5.39. The molecule has 1 fully saturated rings. The van der Waals surface area contributed by atoms with E-state index in [9.17, 15) is 23.1 Å². The molecule has 2 nitrogen and oxygen atoms in total. The molecule has 2 unspecified atom stereocenters. The predicted molar refractivity (Wildman–Crippen MR) is 68.2 cm³/mol. The van der Waals surface area contributed by atoms with Crippen LogP contribution in [-0.4, -0.2) is 11.1 Å². The molecular weight excluding hydrogens is 269 g/mol. The van der Waals surface area contributed by atoms with Crippen molar-refractivity contribution in [1.82, 2.24) is 0 Å². The molecule has 0 bridgehead atoms. The van der Waals surface area contributed by atoms with Gasteiger partial charge >= 0.3 is 12.1 Å². The summed E-state index contributed by atoms with van der Waals surface area (Å²) in [6, 6.07) is 5.04. The zero-order valence-corrected chi connectivity index (χ0v) is 11.0. The zero-order valence-electron chi connectivity index (χ0n) is 11.0. The average molecular weight is 286 g/mol. The van der Waals surface area contributed by atoms with Crippen molar-refractivity contribution >= 4 is 5.97 Å². The van der Waals surface area contributed by atoms with Gasteiger partial charge in [0.2, 0.25) is 0 Å². The van der Waals surface area contributed by atoms with Gasteiger partial charge in [0.1, 0.15) is 0 Å². The second-order valence-electron chi connectivity index (χ2n) is 5.39. The van der Waals surface area contributed by atoms with Crippen molar-refractivity contribution in [2.24, 2.45) is 11.8 Å². The van der Waals surface area contributed by atoms with E-state index >= 15 is 0 Å². The third-order valence-electron chi connectivity index (χ3n) is 4.01. The molecule has 1 aliphatic rings. The monoisotopic (exact) mass is 286 g/mol. The lowest BCUT2D eigenvalue weighted by atomic mass is 9.76. The maximum absolute atomic E-state index is 12.5. The number of carboxylic acids is 1. The molecule has 1 aliphatic carbocycles. The molecule has 1 N–H and O–H groups in total. The van der Waals surface area contributed by atoms with Crippen LogP contribution in [0.4, 0.5) is 13.2 Å². The minimum absolute atomic E-state index is 0.0259. The van der Waals surface area contributed by atoms with E-state index in [4.69, 9.17) is 0 Å². The van der Waals surface area contributed by atoms with Crippen LogP contribution in [0, 0.1) is 11.8 Å². The fraction of sp³-hybridized carbons (Fsp3) is 0.533. The van der Waals surface area contributed by atoms with Crippen LogP contribution in [0.2, 0.25) is 0 Å². The fourth-order valence-corrected chi connectivity index (χ4v) is 2.91. The highest BCUT2D eigenvalue weighted by Crippen LogP contribution is 2.34. The summed E-state index contributed by atoms with van der Waals surface area (Å²) in [5.41, 5.74) is 0.107. The minimum atomic E-state index is -4.33. The van der Waals surface area contributed by atoms with E-state index in [1.807, 2.05) is 0 Å². The summed E-state index contributed by atoms with van der Waals surface area (Å²) in [5, 5.41) is 9.19. The van der Waals surface area contributed by atoms with Gasteiger partial charge in [-0.25, -0.2) is 0 Å². The Bertz CT molecular complexity index is 465. The molecule has 0 saturated heterocycles. The highest BCUT2D eigenvalue weighted by Gasteiger charge is 2.32. The van der Waals surface area contributed by atoms with Gasteiger partial charge in [0, 0.05) is 0 Å². The number of hydrogen-bond acceptors (Lipinski definition) is 1. The zero-order chi connectivity index (χ0) is 14.8. The number of aliphatic carboxylic acids is 1. The number of alkyl halides is 3. The van der Waals surface area contributed by atoms with Crippen LogP contribution < -0.4 is 0 Å². The van der Waals surface area contributed by atoms with E-state index < -0.39 is 17.7 Å². The van der Waals surface area contributed by atoms with Crippen molar-refractivity contribution in [2.75, 3.05) is 0 Å². The van der Waals surface area contributed by atoms with Gasteiger partial charge in [-0.05, 0) is 42.9 Å². The highest BCUT2D eigenvalue weighted by molar-refractivity contribution is 5.70. The Labute approximate surface area is 115 Å². The van der Waals surface area contributed by atoms with Crippen molar-refractivity contribution < 1.29 is 23.1 Å². The van der Waals surface area contributed by atoms with Gasteiger partial charge in [-0.1, -0.05) is 25.0 Å². The molecule has 0 heterocycles. The van der Waals surface area contributed by atoms with Gasteiger partial charge in [-0.3, -0.25) is 4.79 Å². The summed E-state index contributed by atoms with van der Waals surface area (Å²) in [6.07, 6.45) is -0.379. The fourth-order valence-electron chi connectivity index (χ4n) is 2.91. The molecular formula is C15H17F3O2. The third kappa shape index (κ3) is 3.52. The van der Waals surface area contributed by atoms with Crippen molar-refractivity contribution in [3.8, 4) is 0 Å². The Morgan fingerprint density at radius 1 is 1.15 bits per heavy atom. The van der Waals surface area contributed by atoms with Crippen LogP contribution >= 0.6 is 0 Å². The molecule has 1 aromatic rings. The van der Waals surface area contributed by atoms with E-state index in [0.717, 1.165) is 37.0 Å². The first-order valence-electron chi connectivity index (χ1n) is 6.77. The summed E-state index contributed by atoms with van der Waals surface area (Å²) in [6.45, 7) is 0. The normalized spacial score (nSPS) is 23.6. The molecule has 1 aromatic carbocycles. The smallest absolute Gasteiger partial charge is 0.416 e. The van der Waals surface area contributed by atoms with Crippen LogP contribution in [0.5, 0.6) is 0 Å². The number of rotatable bonds is 3. The molecule has 0 aromatic heterocycles. The van der Waals surface area contributed by atoms with Crippen molar-refractivity contribution in [3.05, 3.63) is 35.4 Å². The molecule has 110 valence electrons. The molecule has 20 heavy (non-hydrogen) atoms. The molecule has 0 amide bonds. The number of carbonyl (C=O) groups is 1. The Morgan fingerprint density at radius 3 is 2.30 bits per heavy atom. The third-order valence-corrected chi connectivity index (χ3v) is 4.01. The van der Waals surface area contributed by atoms with Gasteiger partial charge in [-0.2, -0.15) is 13.2 Å². The largest absolute Gasteiger partial charge is 0.481 e. The quantitative estimate of drug-likeness (QED) is 0.906. The first-order chi connectivity index (χ1) is 9.38. The number of benzene rings is 1. The number of hydrogen-bond donors (Lipinski definition) is 1. The Morgan fingerprint density at radius 2 is 1.75 bits per heavy atom. The maximum Gasteiger partial charge on any atom is 0.416 e. The second kappa shape index (κ2) is 5.85. The van der Waals surface area contributed by atoms with Crippen molar-refractivity contribution in [3.63, 3.8) is 0 Å². The molecule has 0 radical (unpaired) electrons. The van der Waals surface area contributed by atoms with Crippen LogP contribution in [0.3, 0.4) is 0 Å². The molecule has 5 heteroatoms. The molecule has 2 rings (SSSR count). The Balaban J connectivity index is 2.07. The summed E-state index contributed by atoms with van der Waals surface area (Å²) in [4.78, 5) is 11.2. The average Bonchev–Trinajstić information content (AvgIpc) is 2.38. The SMILES string of the molecule is O=C(O)C1CCCCC1Cc1ccc(C(F)(F)F)cc1. The van der Waals surface area contributed by atoms with Crippen LogP contribution in [0.15, 0.2) is 24.3 Å². The number of carboxylic acid groups (broad SMARTS) is 1. The maximum atomic E-state index is 12.5. The first-order valence-corrected chi connectivity index (χ1v) is 6.77. The van der Waals surface area contributed by atoms with E-state index in [1.54, 1.807) is 0 Å². The van der Waals surface area contributed by atoms with Gasteiger partial charge < -0.3 is 5.11 Å². The van der Waals surface area contributed by atoms with Crippen molar-refractivity contribution in [1.29, 1.82) is 0 Å². The molecule has 1 saturated carbocycles. The van der Waals surface area contributed by atoms with E-state index in [1.165, 1.54) is 12.1 Å².